The van der Waals surface area contributed by atoms with Crippen LogP contribution in [0.3, 0.4) is 0 Å². The minimum absolute atomic E-state index is 0.811. The lowest BCUT2D eigenvalue weighted by molar-refractivity contribution is 0.420. The van der Waals surface area contributed by atoms with Gasteiger partial charge in [0.1, 0.15) is 11.3 Å². The van der Waals surface area contributed by atoms with Crippen LogP contribution < -0.4 is 4.74 Å². The third-order valence-corrected chi connectivity index (χ3v) is 2.52. The van der Waals surface area contributed by atoms with Gasteiger partial charge in [0.15, 0.2) is 12.0 Å². The van der Waals surface area contributed by atoms with Gasteiger partial charge >= 0.3 is 0 Å². The molecule has 0 atom stereocenters. The maximum Gasteiger partial charge on any atom is 0.182 e. The van der Waals surface area contributed by atoms with Gasteiger partial charge in [-0.2, -0.15) is 0 Å². The first-order valence-corrected chi connectivity index (χ1v) is 4.69. The number of ether oxygens (including phenoxy) is 1. The van der Waals surface area contributed by atoms with Crippen molar-refractivity contribution in [3.05, 3.63) is 36.7 Å². The molecule has 3 nitrogen and oxygen atoms in total. The average molecular weight is 199 g/mol. The van der Waals surface area contributed by atoms with E-state index in [0.717, 1.165) is 27.6 Å². The van der Waals surface area contributed by atoms with Crippen molar-refractivity contribution in [2.24, 2.45) is 0 Å². The van der Waals surface area contributed by atoms with Crippen LogP contribution in [-0.2, 0) is 0 Å². The van der Waals surface area contributed by atoms with Crippen LogP contribution in [0, 0.1) is 0 Å². The Morgan fingerprint density at radius 1 is 1.20 bits per heavy atom. The minimum atomic E-state index is 0.811. The van der Waals surface area contributed by atoms with Gasteiger partial charge in [-0.3, -0.25) is 0 Å². The monoisotopic (exact) mass is 199 g/mol. The van der Waals surface area contributed by atoms with Crippen molar-refractivity contribution in [2.45, 2.75) is 0 Å². The van der Waals surface area contributed by atoms with Gasteiger partial charge in [-0.05, 0) is 0 Å². The zero-order valence-corrected chi connectivity index (χ0v) is 8.23. The Kier molecular flexibility index (Phi) is 1.65. The number of methoxy groups -OCH3 is 1. The predicted octanol–water partition coefficient (Wildman–Crippen LogP) is 2.99. The molecule has 74 valence electrons. The van der Waals surface area contributed by atoms with E-state index in [1.807, 2.05) is 30.3 Å². The Balaban J connectivity index is 2.58. The lowest BCUT2D eigenvalue weighted by atomic mass is 10.1. The molecule has 0 bridgehead atoms. The second kappa shape index (κ2) is 2.98. The van der Waals surface area contributed by atoms with Gasteiger partial charge in [-0.25, -0.2) is 4.98 Å². The first kappa shape index (κ1) is 8.29. The average Bonchev–Trinajstić information content (AvgIpc) is 2.76. The molecule has 0 fully saturated rings. The molecule has 3 aromatic rings. The van der Waals surface area contributed by atoms with Gasteiger partial charge in [0, 0.05) is 16.8 Å². The number of benzene rings is 2. The van der Waals surface area contributed by atoms with Crippen LogP contribution in [0.15, 0.2) is 41.1 Å². The van der Waals surface area contributed by atoms with Crippen LogP contribution in [0.5, 0.6) is 5.75 Å². The number of fused-ring (bicyclic) bond motifs is 3. The first-order valence-electron chi connectivity index (χ1n) is 4.69. The van der Waals surface area contributed by atoms with E-state index in [1.165, 1.54) is 6.39 Å². The van der Waals surface area contributed by atoms with Crippen molar-refractivity contribution in [1.82, 2.24) is 4.98 Å². The Morgan fingerprint density at radius 3 is 2.80 bits per heavy atom. The SMILES string of the molecule is COc1cc2ncoc2c2ccccc12. The van der Waals surface area contributed by atoms with Crippen LogP contribution in [0.1, 0.15) is 0 Å². The molecule has 0 aliphatic rings. The molecule has 0 saturated carbocycles. The summed E-state index contributed by atoms with van der Waals surface area (Å²) in [5.41, 5.74) is 1.64. The number of hydrogen-bond acceptors (Lipinski definition) is 3. The van der Waals surface area contributed by atoms with E-state index in [2.05, 4.69) is 4.98 Å². The van der Waals surface area contributed by atoms with Gasteiger partial charge in [-0.1, -0.05) is 24.3 Å². The lowest BCUT2D eigenvalue weighted by Gasteiger charge is -2.04. The van der Waals surface area contributed by atoms with Crippen molar-refractivity contribution in [3.63, 3.8) is 0 Å². The van der Waals surface area contributed by atoms with Crippen molar-refractivity contribution >= 4 is 21.9 Å². The van der Waals surface area contributed by atoms with E-state index >= 15 is 0 Å². The fourth-order valence-electron chi connectivity index (χ4n) is 1.83. The zero-order valence-electron chi connectivity index (χ0n) is 8.23. The summed E-state index contributed by atoms with van der Waals surface area (Å²) in [6.45, 7) is 0. The summed E-state index contributed by atoms with van der Waals surface area (Å²) in [5, 5.41) is 2.08. The van der Waals surface area contributed by atoms with E-state index in [1.54, 1.807) is 7.11 Å². The Hall–Kier alpha value is -2.03. The second-order valence-electron chi connectivity index (χ2n) is 3.33. The van der Waals surface area contributed by atoms with Crippen molar-refractivity contribution < 1.29 is 9.15 Å². The Labute approximate surface area is 86.3 Å². The number of nitrogens with zero attached hydrogens (tertiary/aromatic N) is 1. The third kappa shape index (κ3) is 1.09. The van der Waals surface area contributed by atoms with E-state index in [4.69, 9.17) is 9.15 Å². The number of hydrogen-bond donors (Lipinski definition) is 0. The largest absolute Gasteiger partial charge is 0.496 e. The predicted molar refractivity (Wildman–Crippen MR) is 58.1 cm³/mol. The standard InChI is InChI=1S/C12H9NO2/c1-14-11-6-10-12(15-7-13-10)9-5-3-2-4-8(9)11/h2-7H,1H3. The summed E-state index contributed by atoms with van der Waals surface area (Å²) in [4.78, 5) is 4.13. The first-order chi connectivity index (χ1) is 7.40. The van der Waals surface area contributed by atoms with Gasteiger partial charge < -0.3 is 9.15 Å². The van der Waals surface area contributed by atoms with E-state index in [0.29, 0.717) is 0 Å². The Bertz CT molecular complexity index is 628. The molecule has 2 aromatic carbocycles. The molecule has 1 heterocycles. The molecule has 15 heavy (non-hydrogen) atoms. The molecule has 3 heteroatoms. The highest BCUT2D eigenvalue weighted by atomic mass is 16.5. The zero-order chi connectivity index (χ0) is 10.3. The maximum atomic E-state index is 5.36. The number of oxazole rings is 1. The molecule has 0 aliphatic heterocycles. The molecule has 0 unspecified atom stereocenters. The summed E-state index contributed by atoms with van der Waals surface area (Å²) in [5.74, 6) is 0.826. The molecule has 0 radical (unpaired) electrons. The van der Waals surface area contributed by atoms with Crippen LogP contribution >= 0.6 is 0 Å². The van der Waals surface area contributed by atoms with Gasteiger partial charge in [-0.15, -0.1) is 0 Å². The van der Waals surface area contributed by atoms with Crippen molar-refractivity contribution in [2.75, 3.05) is 7.11 Å². The molecule has 0 aliphatic carbocycles. The van der Waals surface area contributed by atoms with Crippen LogP contribution in [0.25, 0.3) is 21.9 Å². The third-order valence-electron chi connectivity index (χ3n) is 2.52. The van der Waals surface area contributed by atoms with Gasteiger partial charge in [0.05, 0.1) is 7.11 Å². The molecule has 1 aromatic heterocycles. The minimum Gasteiger partial charge on any atom is -0.496 e. The number of aromatic nitrogens is 1. The fraction of sp³-hybridized carbons (Fsp3) is 0.0833. The number of rotatable bonds is 1. The summed E-state index contributed by atoms with van der Waals surface area (Å²) < 4.78 is 10.7. The van der Waals surface area contributed by atoms with E-state index < -0.39 is 0 Å². The maximum absolute atomic E-state index is 5.36. The highest BCUT2D eigenvalue weighted by Gasteiger charge is 2.09. The van der Waals surface area contributed by atoms with Crippen LogP contribution in [-0.4, -0.2) is 12.1 Å². The smallest absolute Gasteiger partial charge is 0.182 e. The molecule has 0 amide bonds. The molecular weight excluding hydrogens is 190 g/mol. The highest BCUT2D eigenvalue weighted by Crippen LogP contribution is 2.32. The van der Waals surface area contributed by atoms with Crippen LogP contribution in [0.4, 0.5) is 0 Å². The van der Waals surface area contributed by atoms with Crippen molar-refractivity contribution in [1.29, 1.82) is 0 Å². The summed E-state index contributed by atoms with van der Waals surface area (Å²) in [7, 11) is 1.66. The van der Waals surface area contributed by atoms with Crippen molar-refractivity contribution in [3.8, 4) is 5.75 Å². The molecule has 0 spiro atoms. The Morgan fingerprint density at radius 2 is 2.00 bits per heavy atom. The molecule has 0 N–H and O–H groups in total. The second-order valence-corrected chi connectivity index (χ2v) is 3.33. The van der Waals surface area contributed by atoms with Gasteiger partial charge in [0.2, 0.25) is 0 Å². The van der Waals surface area contributed by atoms with E-state index in [9.17, 15) is 0 Å². The summed E-state index contributed by atoms with van der Waals surface area (Å²) >= 11 is 0. The summed E-state index contributed by atoms with van der Waals surface area (Å²) in [6.07, 6.45) is 1.45. The lowest BCUT2D eigenvalue weighted by Crippen LogP contribution is -1.85. The quantitative estimate of drug-likeness (QED) is 0.604. The molecule has 3 rings (SSSR count). The summed E-state index contributed by atoms with van der Waals surface area (Å²) in [6, 6.07) is 9.86. The highest BCUT2D eigenvalue weighted by molar-refractivity contribution is 6.06. The van der Waals surface area contributed by atoms with E-state index in [-0.39, 0.29) is 0 Å². The van der Waals surface area contributed by atoms with Crippen LogP contribution in [0.2, 0.25) is 0 Å². The molecular formula is C12H9NO2. The fourth-order valence-corrected chi connectivity index (χ4v) is 1.83. The topological polar surface area (TPSA) is 35.3 Å². The van der Waals surface area contributed by atoms with Gasteiger partial charge in [0.25, 0.3) is 0 Å². The molecule has 0 saturated heterocycles. The normalized spacial score (nSPS) is 11.0.